The molecule has 1 aliphatic heterocycles. The Morgan fingerprint density at radius 1 is 1.37 bits per heavy atom. The molecule has 158 valence electrons. The zero-order chi connectivity index (χ0) is 21.8. The number of fused-ring (bicyclic) bond motifs is 2. The molecule has 2 aliphatic rings. The average Bonchev–Trinajstić information content (AvgIpc) is 3.42. The van der Waals surface area contributed by atoms with Crippen molar-refractivity contribution in [2.75, 3.05) is 20.2 Å². The lowest BCUT2D eigenvalue weighted by Crippen LogP contribution is -2.48. The Kier molecular flexibility index (Phi) is 4.94. The lowest BCUT2D eigenvalue weighted by atomic mass is 10.00. The van der Waals surface area contributed by atoms with Crippen molar-refractivity contribution < 1.29 is 24.2 Å². The number of hydrogen-bond donors (Lipinski definition) is 2. The maximum Gasteiger partial charge on any atom is 0.274 e. The van der Waals surface area contributed by atoms with Gasteiger partial charge < -0.3 is 19.7 Å². The van der Waals surface area contributed by atoms with Crippen molar-refractivity contribution in [1.29, 1.82) is 0 Å². The van der Waals surface area contributed by atoms with Gasteiger partial charge in [-0.05, 0) is 24.5 Å². The number of aryl methyl sites for hydroxylation is 1. The van der Waals surface area contributed by atoms with Crippen molar-refractivity contribution in [3.8, 4) is 5.75 Å². The molecule has 1 aliphatic carbocycles. The van der Waals surface area contributed by atoms with Crippen LogP contribution >= 0.6 is 11.6 Å². The van der Waals surface area contributed by atoms with Crippen molar-refractivity contribution in [3.05, 3.63) is 62.3 Å². The highest BCUT2D eigenvalue weighted by Crippen LogP contribution is 2.53. The molecule has 0 radical (unpaired) electrons. The molecule has 2 N–H and O–H groups in total. The molecule has 1 fully saturated rings. The van der Waals surface area contributed by atoms with E-state index in [1.165, 1.54) is 27.8 Å². The Morgan fingerprint density at radius 2 is 2.10 bits per heavy atom. The highest BCUT2D eigenvalue weighted by atomic mass is 35.5. The Morgan fingerprint density at radius 3 is 2.77 bits per heavy atom. The lowest BCUT2D eigenvalue weighted by Gasteiger charge is -2.35. The highest BCUT2D eigenvalue weighted by molar-refractivity contribution is 6.30. The van der Waals surface area contributed by atoms with Crippen LogP contribution in [0.1, 0.15) is 39.3 Å². The summed E-state index contributed by atoms with van der Waals surface area (Å²) >= 11 is 5.76. The predicted molar refractivity (Wildman–Crippen MR) is 107 cm³/mol. The summed E-state index contributed by atoms with van der Waals surface area (Å²) in [5.74, 6) is -2.66. The molecule has 0 saturated heterocycles. The molecule has 0 unspecified atom stereocenters. The van der Waals surface area contributed by atoms with Gasteiger partial charge in [0.05, 0.1) is 16.1 Å². The van der Waals surface area contributed by atoms with Crippen LogP contribution in [0.25, 0.3) is 0 Å². The zero-order valence-corrected chi connectivity index (χ0v) is 16.9. The summed E-state index contributed by atoms with van der Waals surface area (Å²) in [6.07, 6.45) is 1.71. The first-order chi connectivity index (χ1) is 14.2. The quantitative estimate of drug-likeness (QED) is 0.701. The summed E-state index contributed by atoms with van der Waals surface area (Å²) in [6, 6.07) is 4.47. The Hall–Kier alpha value is -2.71. The summed E-state index contributed by atoms with van der Waals surface area (Å²) in [5.41, 5.74) is -1.79. The number of aliphatic hydroxyl groups excluding tert-OH is 1. The topological polar surface area (TPSA) is 99.8 Å². The van der Waals surface area contributed by atoms with Crippen molar-refractivity contribution in [2.45, 2.75) is 24.8 Å². The van der Waals surface area contributed by atoms with Crippen LogP contribution in [0.15, 0.2) is 29.2 Å². The van der Waals surface area contributed by atoms with Gasteiger partial charge in [-0.3, -0.25) is 14.4 Å². The van der Waals surface area contributed by atoms with Gasteiger partial charge in [-0.2, -0.15) is 0 Å². The van der Waals surface area contributed by atoms with Crippen LogP contribution in [0.4, 0.5) is 4.39 Å². The summed E-state index contributed by atoms with van der Waals surface area (Å²) in [7, 11) is 1.56. The second-order valence-electron chi connectivity index (χ2n) is 7.92. The van der Waals surface area contributed by atoms with Crippen LogP contribution in [0.3, 0.4) is 0 Å². The molecule has 2 aromatic rings. The Balaban J connectivity index is 1.71. The average molecular weight is 435 g/mol. The number of Topliss-reactive ketones (excluding diaryl/α,β-unsaturated/α-hetero) is 1. The fraction of sp³-hybridized carbons (Fsp3) is 0.381. The number of amides is 1. The van der Waals surface area contributed by atoms with E-state index in [4.69, 9.17) is 11.6 Å². The summed E-state index contributed by atoms with van der Waals surface area (Å²) in [5, 5.41) is 20.0. The van der Waals surface area contributed by atoms with Gasteiger partial charge in [-0.1, -0.05) is 23.7 Å². The number of aliphatic hydroxyl groups is 1. The predicted octanol–water partition coefficient (Wildman–Crippen LogP) is 1.95. The Labute approximate surface area is 176 Å². The number of likely N-dealkylation sites (N-methyl/N-ethyl adjacent to an activating group) is 1. The van der Waals surface area contributed by atoms with Crippen LogP contribution in [-0.4, -0.2) is 51.6 Å². The molecule has 1 aromatic heterocycles. The van der Waals surface area contributed by atoms with Crippen molar-refractivity contribution in [2.24, 2.45) is 5.92 Å². The van der Waals surface area contributed by atoms with Crippen LogP contribution < -0.4 is 5.43 Å². The second-order valence-corrected chi connectivity index (χ2v) is 8.33. The van der Waals surface area contributed by atoms with Crippen LogP contribution in [0.2, 0.25) is 5.02 Å². The van der Waals surface area contributed by atoms with Gasteiger partial charge in [0.15, 0.2) is 17.2 Å². The highest BCUT2D eigenvalue weighted by Gasteiger charge is 2.59. The van der Waals surface area contributed by atoms with Gasteiger partial charge in [0.1, 0.15) is 5.82 Å². The number of aromatic nitrogens is 1. The molecule has 1 saturated carbocycles. The molecule has 30 heavy (non-hydrogen) atoms. The minimum absolute atomic E-state index is 0.0270. The number of rotatable bonds is 5. The SMILES string of the molecule is CN1C[C@@]2(C[C@@H]2CO)n2cc(C(=O)CCc3cccc(Cl)c3F)c(=O)c(O)c2C1=O. The van der Waals surface area contributed by atoms with Gasteiger partial charge in [-0.25, -0.2) is 4.39 Å². The Bertz CT molecular complexity index is 1130. The smallest absolute Gasteiger partial charge is 0.274 e. The number of carbonyl (C=O) groups is 2. The first-order valence-corrected chi connectivity index (χ1v) is 9.90. The van der Waals surface area contributed by atoms with Gasteiger partial charge in [0.25, 0.3) is 5.91 Å². The van der Waals surface area contributed by atoms with E-state index in [0.29, 0.717) is 13.0 Å². The molecule has 2 atom stereocenters. The number of nitrogens with zero attached hydrogens (tertiary/aromatic N) is 2. The first-order valence-electron chi connectivity index (χ1n) is 9.52. The lowest BCUT2D eigenvalue weighted by molar-refractivity contribution is 0.0672. The standard InChI is InChI=1S/C21H20ClFN2O5/c1-24-10-21(7-12(21)9-26)25-8-13(18(28)19(29)17(25)20(24)30)15(27)6-5-11-3-2-4-14(22)16(11)23/h2-4,8,12,26,29H,5-7,9-10H2,1H3/t12-,21-/m1/s1. The van der Waals surface area contributed by atoms with E-state index >= 15 is 0 Å². The van der Waals surface area contributed by atoms with E-state index in [9.17, 15) is 29.0 Å². The van der Waals surface area contributed by atoms with Gasteiger partial charge in [0, 0.05) is 38.7 Å². The molecule has 4 rings (SSSR count). The number of pyridine rings is 1. The minimum Gasteiger partial charge on any atom is -0.503 e. The largest absolute Gasteiger partial charge is 0.503 e. The van der Waals surface area contributed by atoms with E-state index in [2.05, 4.69) is 0 Å². The third-order valence-corrected chi connectivity index (χ3v) is 6.39. The maximum atomic E-state index is 14.1. The second kappa shape index (κ2) is 7.21. The van der Waals surface area contributed by atoms with Crippen LogP contribution in [0.5, 0.6) is 5.75 Å². The van der Waals surface area contributed by atoms with Gasteiger partial charge in [0.2, 0.25) is 5.43 Å². The molecule has 0 bridgehead atoms. The molecular formula is C21H20ClFN2O5. The van der Waals surface area contributed by atoms with E-state index in [1.54, 1.807) is 13.1 Å². The van der Waals surface area contributed by atoms with E-state index in [0.717, 1.165) is 0 Å². The van der Waals surface area contributed by atoms with Gasteiger partial charge >= 0.3 is 0 Å². The van der Waals surface area contributed by atoms with Crippen molar-refractivity contribution in [1.82, 2.24) is 9.47 Å². The number of hydrogen-bond acceptors (Lipinski definition) is 5. The number of carbonyl (C=O) groups excluding carboxylic acids is 2. The molecule has 1 spiro atoms. The number of benzene rings is 1. The monoisotopic (exact) mass is 434 g/mol. The normalized spacial score (nSPS) is 22.3. The van der Waals surface area contributed by atoms with E-state index in [-0.39, 0.29) is 47.2 Å². The summed E-state index contributed by atoms with van der Waals surface area (Å²) in [6.45, 7) is 0.180. The third kappa shape index (κ3) is 3.02. The van der Waals surface area contributed by atoms with Crippen molar-refractivity contribution in [3.63, 3.8) is 0 Å². The van der Waals surface area contributed by atoms with E-state index in [1.807, 2.05) is 0 Å². The molecule has 2 heterocycles. The number of ketones is 1. The number of halogens is 2. The molecule has 1 aromatic carbocycles. The van der Waals surface area contributed by atoms with Crippen LogP contribution in [-0.2, 0) is 12.0 Å². The van der Waals surface area contributed by atoms with E-state index < -0.39 is 34.2 Å². The maximum absolute atomic E-state index is 14.1. The zero-order valence-electron chi connectivity index (χ0n) is 16.2. The molecule has 1 amide bonds. The fourth-order valence-electron chi connectivity index (χ4n) is 4.31. The van der Waals surface area contributed by atoms with Crippen molar-refractivity contribution >= 4 is 23.3 Å². The molecular weight excluding hydrogens is 415 g/mol. The third-order valence-electron chi connectivity index (χ3n) is 6.10. The van der Waals surface area contributed by atoms with Crippen LogP contribution in [0, 0.1) is 11.7 Å². The fourth-order valence-corrected chi connectivity index (χ4v) is 4.50. The summed E-state index contributed by atoms with van der Waals surface area (Å²) in [4.78, 5) is 39.4. The first kappa shape index (κ1) is 20.6. The van der Waals surface area contributed by atoms with Gasteiger partial charge in [-0.15, -0.1) is 0 Å². The summed E-state index contributed by atoms with van der Waals surface area (Å²) < 4.78 is 15.6. The molecule has 7 nitrogen and oxygen atoms in total. The minimum atomic E-state index is -0.933. The molecule has 9 heteroatoms. The number of aromatic hydroxyl groups is 1.